The summed E-state index contributed by atoms with van der Waals surface area (Å²) in [6, 6.07) is 9.83. The molecular formula is C21H29IN4O4. The molecule has 2 aliphatic heterocycles. The topological polar surface area (TPSA) is 80.5 Å². The number of halogens is 1. The van der Waals surface area contributed by atoms with E-state index in [-0.39, 0.29) is 30.8 Å². The van der Waals surface area contributed by atoms with Crippen LogP contribution in [0.2, 0.25) is 0 Å². The van der Waals surface area contributed by atoms with Crippen LogP contribution in [0, 0.1) is 0 Å². The zero-order valence-electron chi connectivity index (χ0n) is 17.0. The van der Waals surface area contributed by atoms with E-state index in [1.807, 2.05) is 30.3 Å². The van der Waals surface area contributed by atoms with Crippen LogP contribution in [0.5, 0.6) is 11.5 Å². The minimum atomic E-state index is 0. The van der Waals surface area contributed by atoms with Crippen LogP contribution in [0.1, 0.15) is 11.3 Å². The number of rotatable bonds is 8. The molecule has 0 spiro atoms. The fourth-order valence-corrected chi connectivity index (χ4v) is 3.30. The maximum atomic E-state index is 5.46. The van der Waals surface area contributed by atoms with Crippen LogP contribution in [-0.2, 0) is 17.7 Å². The van der Waals surface area contributed by atoms with Crippen molar-refractivity contribution >= 4 is 29.9 Å². The summed E-state index contributed by atoms with van der Waals surface area (Å²) >= 11 is 0. The van der Waals surface area contributed by atoms with E-state index in [1.54, 1.807) is 6.26 Å². The van der Waals surface area contributed by atoms with Crippen LogP contribution < -0.4 is 20.1 Å². The highest BCUT2D eigenvalue weighted by Crippen LogP contribution is 2.32. The van der Waals surface area contributed by atoms with E-state index < -0.39 is 0 Å². The van der Waals surface area contributed by atoms with Crippen molar-refractivity contribution in [2.24, 2.45) is 4.99 Å². The molecule has 8 nitrogen and oxygen atoms in total. The van der Waals surface area contributed by atoms with Crippen LogP contribution in [0.25, 0.3) is 0 Å². The number of hydrogen-bond acceptors (Lipinski definition) is 6. The second kappa shape index (κ2) is 12.0. The molecule has 2 aromatic rings. The van der Waals surface area contributed by atoms with E-state index in [4.69, 9.17) is 23.6 Å². The molecule has 9 heteroatoms. The SMILES string of the molecule is I.c1coc(CCNC(=NCc2ccc3c(c2)OCO3)NCCN2CCOCC2)c1. The van der Waals surface area contributed by atoms with Crippen LogP contribution in [0.3, 0.4) is 0 Å². The molecule has 0 unspecified atom stereocenters. The number of benzene rings is 1. The molecule has 0 saturated carbocycles. The van der Waals surface area contributed by atoms with Crippen LogP contribution >= 0.6 is 24.0 Å². The minimum absolute atomic E-state index is 0. The first-order chi connectivity index (χ1) is 14.4. The summed E-state index contributed by atoms with van der Waals surface area (Å²) in [4.78, 5) is 7.14. The van der Waals surface area contributed by atoms with Gasteiger partial charge in [-0.25, -0.2) is 4.99 Å². The molecular weight excluding hydrogens is 499 g/mol. The Kier molecular flexibility index (Phi) is 9.09. The number of ether oxygens (including phenoxy) is 3. The number of furan rings is 1. The highest BCUT2D eigenvalue weighted by Gasteiger charge is 2.13. The number of fused-ring (bicyclic) bond motifs is 1. The summed E-state index contributed by atoms with van der Waals surface area (Å²) in [6.45, 7) is 6.97. The average molecular weight is 528 g/mol. The van der Waals surface area contributed by atoms with E-state index in [0.29, 0.717) is 6.54 Å². The number of guanidine groups is 1. The van der Waals surface area contributed by atoms with Gasteiger partial charge in [0.05, 0.1) is 26.0 Å². The molecule has 1 aromatic carbocycles. The van der Waals surface area contributed by atoms with Gasteiger partial charge in [0.15, 0.2) is 17.5 Å². The van der Waals surface area contributed by atoms with Gasteiger partial charge in [0.1, 0.15) is 5.76 Å². The van der Waals surface area contributed by atoms with E-state index >= 15 is 0 Å². The molecule has 164 valence electrons. The molecule has 2 aliphatic rings. The Bertz CT molecular complexity index is 794. The highest BCUT2D eigenvalue weighted by molar-refractivity contribution is 14.0. The lowest BCUT2D eigenvalue weighted by Gasteiger charge is -2.26. The van der Waals surface area contributed by atoms with Gasteiger partial charge >= 0.3 is 0 Å². The quantitative estimate of drug-likeness (QED) is 0.309. The lowest BCUT2D eigenvalue weighted by Crippen LogP contribution is -2.44. The van der Waals surface area contributed by atoms with Gasteiger partial charge in [0.25, 0.3) is 0 Å². The number of hydrogen-bond donors (Lipinski definition) is 2. The van der Waals surface area contributed by atoms with Gasteiger partial charge in [-0.15, -0.1) is 24.0 Å². The maximum absolute atomic E-state index is 5.46. The molecule has 0 radical (unpaired) electrons. The molecule has 0 bridgehead atoms. The van der Waals surface area contributed by atoms with Gasteiger partial charge in [-0.05, 0) is 29.8 Å². The Balaban J connectivity index is 0.00000256. The van der Waals surface area contributed by atoms with Crippen molar-refractivity contribution in [2.75, 3.05) is 52.7 Å². The normalized spacial score (nSPS) is 16.2. The fourth-order valence-electron chi connectivity index (χ4n) is 3.30. The fraction of sp³-hybridized carbons (Fsp3) is 0.476. The van der Waals surface area contributed by atoms with Crippen molar-refractivity contribution in [1.82, 2.24) is 15.5 Å². The van der Waals surface area contributed by atoms with Crippen LogP contribution in [-0.4, -0.2) is 63.6 Å². The van der Waals surface area contributed by atoms with Crippen LogP contribution in [0.4, 0.5) is 0 Å². The molecule has 4 rings (SSSR count). The summed E-state index contributed by atoms with van der Waals surface area (Å²) in [6.07, 6.45) is 2.51. The maximum Gasteiger partial charge on any atom is 0.231 e. The molecule has 1 saturated heterocycles. The lowest BCUT2D eigenvalue weighted by atomic mass is 10.2. The van der Waals surface area contributed by atoms with Crippen molar-refractivity contribution < 1.29 is 18.6 Å². The summed E-state index contributed by atoms with van der Waals surface area (Å²) in [5.41, 5.74) is 1.08. The summed E-state index contributed by atoms with van der Waals surface area (Å²) in [7, 11) is 0. The molecule has 0 atom stereocenters. The van der Waals surface area contributed by atoms with Gasteiger partial charge in [-0.2, -0.15) is 0 Å². The predicted molar refractivity (Wildman–Crippen MR) is 125 cm³/mol. The van der Waals surface area contributed by atoms with Gasteiger partial charge in [-0.1, -0.05) is 6.07 Å². The summed E-state index contributed by atoms with van der Waals surface area (Å²) in [5.74, 6) is 3.33. The first-order valence-corrected chi connectivity index (χ1v) is 10.1. The van der Waals surface area contributed by atoms with Gasteiger partial charge in [-0.3, -0.25) is 4.90 Å². The van der Waals surface area contributed by atoms with Crippen LogP contribution in [0.15, 0.2) is 46.0 Å². The van der Waals surface area contributed by atoms with Crippen molar-refractivity contribution in [3.8, 4) is 11.5 Å². The van der Waals surface area contributed by atoms with E-state index in [0.717, 1.165) is 81.1 Å². The molecule has 1 fully saturated rings. The zero-order valence-corrected chi connectivity index (χ0v) is 19.3. The predicted octanol–water partition coefficient (Wildman–Crippen LogP) is 2.24. The van der Waals surface area contributed by atoms with Crippen molar-refractivity contribution in [1.29, 1.82) is 0 Å². The monoisotopic (exact) mass is 528 g/mol. The average Bonchev–Trinajstić information content (AvgIpc) is 3.44. The van der Waals surface area contributed by atoms with Gasteiger partial charge in [0, 0.05) is 39.1 Å². The smallest absolute Gasteiger partial charge is 0.231 e. The Hall–Kier alpha value is -1.98. The molecule has 0 amide bonds. The van der Waals surface area contributed by atoms with E-state index in [9.17, 15) is 0 Å². The molecule has 0 aliphatic carbocycles. The lowest BCUT2D eigenvalue weighted by molar-refractivity contribution is 0.0389. The van der Waals surface area contributed by atoms with Crippen molar-refractivity contribution in [3.63, 3.8) is 0 Å². The second-order valence-electron chi connectivity index (χ2n) is 6.99. The number of aliphatic imine (C=N–C) groups is 1. The zero-order chi connectivity index (χ0) is 19.7. The summed E-state index contributed by atoms with van der Waals surface area (Å²) < 4.78 is 21.6. The van der Waals surface area contributed by atoms with E-state index in [2.05, 4.69) is 15.5 Å². The molecule has 3 heterocycles. The first kappa shape index (κ1) is 22.7. The van der Waals surface area contributed by atoms with Crippen molar-refractivity contribution in [3.05, 3.63) is 47.9 Å². The highest BCUT2D eigenvalue weighted by atomic mass is 127. The molecule has 1 aromatic heterocycles. The number of nitrogens with zero attached hydrogens (tertiary/aromatic N) is 2. The molecule has 30 heavy (non-hydrogen) atoms. The van der Waals surface area contributed by atoms with Gasteiger partial charge < -0.3 is 29.3 Å². The Morgan fingerprint density at radius 3 is 2.70 bits per heavy atom. The number of morpholine rings is 1. The number of nitrogens with one attached hydrogen (secondary N) is 2. The largest absolute Gasteiger partial charge is 0.469 e. The Morgan fingerprint density at radius 2 is 1.87 bits per heavy atom. The third-order valence-corrected chi connectivity index (χ3v) is 4.92. The summed E-state index contributed by atoms with van der Waals surface area (Å²) in [5, 5.41) is 6.84. The van der Waals surface area contributed by atoms with Gasteiger partial charge in [0.2, 0.25) is 6.79 Å². The standard InChI is InChI=1S/C21H28N4O4.HI/c1-2-18(27-11-1)5-6-22-21(23-7-8-25-9-12-26-13-10-25)24-15-17-3-4-19-20(14-17)29-16-28-19;/h1-4,11,14H,5-10,12-13,15-16H2,(H2,22,23,24);1H. The second-order valence-corrected chi connectivity index (χ2v) is 6.99. The van der Waals surface area contributed by atoms with Crippen molar-refractivity contribution in [2.45, 2.75) is 13.0 Å². The minimum Gasteiger partial charge on any atom is -0.469 e. The third-order valence-electron chi connectivity index (χ3n) is 4.92. The first-order valence-electron chi connectivity index (χ1n) is 10.1. The van der Waals surface area contributed by atoms with E-state index in [1.165, 1.54) is 0 Å². The Labute approximate surface area is 194 Å². The Morgan fingerprint density at radius 1 is 1.03 bits per heavy atom. The molecule has 2 N–H and O–H groups in total. The third kappa shape index (κ3) is 6.78.